The van der Waals surface area contributed by atoms with Crippen LogP contribution in [0.3, 0.4) is 0 Å². The molecule has 0 amide bonds. The lowest BCUT2D eigenvalue weighted by Gasteiger charge is -2.03. The van der Waals surface area contributed by atoms with E-state index in [1.165, 1.54) is 29.5 Å². The molecule has 1 N–H and O–H groups in total. The van der Waals surface area contributed by atoms with Crippen LogP contribution in [-0.2, 0) is 13.0 Å². The summed E-state index contributed by atoms with van der Waals surface area (Å²) in [5, 5.41) is 13.9. The maximum absolute atomic E-state index is 12.7. The summed E-state index contributed by atoms with van der Waals surface area (Å²) < 4.78 is 12.7. The topological polar surface area (TPSA) is 55.2 Å². The lowest BCUT2D eigenvalue weighted by molar-refractivity contribution is -0.380. The SMILES string of the molecule is O=[N+]([O-])c1ccc(CNCCc2ccc(F)cc2)s1. The Kier molecular flexibility index (Phi) is 4.59. The number of hydrogen-bond donors (Lipinski definition) is 1. The minimum Gasteiger partial charge on any atom is -0.312 e. The number of nitro groups is 1. The van der Waals surface area contributed by atoms with E-state index in [-0.39, 0.29) is 15.7 Å². The molecule has 2 aromatic rings. The molecule has 0 spiro atoms. The van der Waals surface area contributed by atoms with Gasteiger partial charge in [-0.25, -0.2) is 4.39 Å². The van der Waals surface area contributed by atoms with Gasteiger partial charge in [-0.3, -0.25) is 10.1 Å². The van der Waals surface area contributed by atoms with Crippen molar-refractivity contribution in [3.8, 4) is 0 Å². The van der Waals surface area contributed by atoms with E-state index in [2.05, 4.69) is 5.32 Å². The highest BCUT2D eigenvalue weighted by atomic mass is 32.1. The fourth-order valence-electron chi connectivity index (χ4n) is 1.66. The van der Waals surface area contributed by atoms with Crippen LogP contribution in [0.1, 0.15) is 10.4 Å². The first-order valence-corrected chi connectivity index (χ1v) is 6.65. The van der Waals surface area contributed by atoms with Crippen molar-refractivity contribution in [2.75, 3.05) is 6.54 Å². The molecule has 100 valence electrons. The Hall–Kier alpha value is -1.79. The number of nitrogens with one attached hydrogen (secondary N) is 1. The smallest absolute Gasteiger partial charge is 0.312 e. The molecule has 4 nitrogen and oxygen atoms in total. The van der Waals surface area contributed by atoms with Crippen LogP contribution >= 0.6 is 11.3 Å². The van der Waals surface area contributed by atoms with Crippen molar-refractivity contribution < 1.29 is 9.31 Å². The van der Waals surface area contributed by atoms with Gasteiger partial charge < -0.3 is 5.32 Å². The van der Waals surface area contributed by atoms with Gasteiger partial charge in [-0.2, -0.15) is 0 Å². The van der Waals surface area contributed by atoms with Crippen molar-refractivity contribution >= 4 is 16.3 Å². The largest absolute Gasteiger partial charge is 0.324 e. The summed E-state index contributed by atoms with van der Waals surface area (Å²) in [5.74, 6) is -0.234. The van der Waals surface area contributed by atoms with Gasteiger partial charge in [-0.1, -0.05) is 23.5 Å². The highest BCUT2D eigenvalue weighted by Gasteiger charge is 2.08. The second-order valence-electron chi connectivity index (χ2n) is 4.05. The molecule has 2 rings (SSSR count). The van der Waals surface area contributed by atoms with Crippen LogP contribution in [0, 0.1) is 15.9 Å². The van der Waals surface area contributed by atoms with Gasteiger partial charge in [0.25, 0.3) is 0 Å². The summed E-state index contributed by atoms with van der Waals surface area (Å²) in [6, 6.07) is 9.67. The number of benzene rings is 1. The Balaban J connectivity index is 1.74. The zero-order valence-electron chi connectivity index (χ0n) is 10.1. The minimum absolute atomic E-state index is 0.162. The fraction of sp³-hybridized carbons (Fsp3) is 0.231. The van der Waals surface area contributed by atoms with Gasteiger partial charge in [0.1, 0.15) is 5.82 Å². The van der Waals surface area contributed by atoms with Crippen molar-refractivity contribution in [3.63, 3.8) is 0 Å². The van der Waals surface area contributed by atoms with Crippen LogP contribution in [0.2, 0.25) is 0 Å². The van der Waals surface area contributed by atoms with Crippen molar-refractivity contribution in [1.29, 1.82) is 0 Å². The summed E-state index contributed by atoms with van der Waals surface area (Å²) >= 11 is 1.18. The van der Waals surface area contributed by atoms with Gasteiger partial charge in [0.2, 0.25) is 0 Å². The van der Waals surface area contributed by atoms with E-state index in [0.717, 1.165) is 23.4 Å². The molecule has 1 aromatic carbocycles. The molecule has 1 heterocycles. The van der Waals surface area contributed by atoms with Gasteiger partial charge in [0.15, 0.2) is 0 Å². The number of hydrogen-bond acceptors (Lipinski definition) is 4. The lowest BCUT2D eigenvalue weighted by atomic mass is 10.1. The van der Waals surface area contributed by atoms with Gasteiger partial charge in [-0.15, -0.1) is 0 Å². The first kappa shape index (κ1) is 13.6. The Morgan fingerprint density at radius 1 is 1.21 bits per heavy atom. The third-order valence-electron chi connectivity index (χ3n) is 2.63. The average Bonchev–Trinajstić information content (AvgIpc) is 2.86. The zero-order chi connectivity index (χ0) is 13.7. The molecule has 0 saturated heterocycles. The second kappa shape index (κ2) is 6.40. The standard InChI is InChI=1S/C13H13FN2O2S/c14-11-3-1-10(2-4-11)7-8-15-9-12-5-6-13(19-12)16(17)18/h1-6,15H,7-9H2. The highest BCUT2D eigenvalue weighted by molar-refractivity contribution is 7.15. The number of halogens is 1. The molecule has 6 heteroatoms. The maximum atomic E-state index is 12.7. The van der Waals surface area contributed by atoms with E-state index in [4.69, 9.17) is 0 Å². The monoisotopic (exact) mass is 280 g/mol. The van der Waals surface area contributed by atoms with Crippen LogP contribution in [0.5, 0.6) is 0 Å². The van der Waals surface area contributed by atoms with E-state index in [0.29, 0.717) is 6.54 Å². The molecule has 0 aliphatic carbocycles. The Morgan fingerprint density at radius 2 is 1.95 bits per heavy atom. The number of nitrogens with zero attached hydrogens (tertiary/aromatic N) is 1. The van der Waals surface area contributed by atoms with E-state index in [9.17, 15) is 14.5 Å². The molecule has 0 saturated carbocycles. The lowest BCUT2D eigenvalue weighted by Crippen LogP contribution is -2.15. The number of thiophene rings is 1. The Morgan fingerprint density at radius 3 is 2.58 bits per heavy atom. The average molecular weight is 280 g/mol. The van der Waals surface area contributed by atoms with E-state index < -0.39 is 0 Å². The van der Waals surface area contributed by atoms with Gasteiger partial charge in [0.05, 0.1) is 4.92 Å². The number of rotatable bonds is 6. The van der Waals surface area contributed by atoms with Crippen LogP contribution in [0.4, 0.5) is 9.39 Å². The summed E-state index contributed by atoms with van der Waals surface area (Å²) in [4.78, 5) is 11.1. The van der Waals surface area contributed by atoms with E-state index in [1.54, 1.807) is 18.2 Å². The maximum Gasteiger partial charge on any atom is 0.324 e. The summed E-state index contributed by atoms with van der Waals surface area (Å²) in [5.41, 5.74) is 1.06. The van der Waals surface area contributed by atoms with Crippen molar-refractivity contribution in [1.82, 2.24) is 5.32 Å². The third kappa shape index (κ3) is 4.11. The normalized spacial score (nSPS) is 10.6. The van der Waals surface area contributed by atoms with E-state index >= 15 is 0 Å². The molecule has 0 radical (unpaired) electrons. The predicted octanol–water partition coefficient (Wildman–Crippen LogP) is 3.13. The molecule has 0 bridgehead atoms. The predicted molar refractivity (Wildman–Crippen MR) is 72.8 cm³/mol. The molecule has 0 aliphatic rings. The Labute approximate surface area is 114 Å². The molecule has 0 fully saturated rings. The van der Waals surface area contributed by atoms with Gasteiger partial charge in [-0.05, 0) is 36.7 Å². The van der Waals surface area contributed by atoms with Crippen molar-refractivity contribution in [3.05, 3.63) is 62.8 Å². The highest BCUT2D eigenvalue weighted by Crippen LogP contribution is 2.23. The summed E-state index contributed by atoms with van der Waals surface area (Å²) in [7, 11) is 0. The van der Waals surface area contributed by atoms with Gasteiger partial charge in [0, 0.05) is 17.5 Å². The zero-order valence-corrected chi connectivity index (χ0v) is 11.0. The van der Waals surface area contributed by atoms with Crippen molar-refractivity contribution in [2.45, 2.75) is 13.0 Å². The van der Waals surface area contributed by atoms with Crippen LogP contribution in [-0.4, -0.2) is 11.5 Å². The van der Waals surface area contributed by atoms with Crippen LogP contribution < -0.4 is 5.32 Å². The van der Waals surface area contributed by atoms with Crippen LogP contribution in [0.15, 0.2) is 36.4 Å². The van der Waals surface area contributed by atoms with Gasteiger partial charge >= 0.3 is 5.00 Å². The first-order valence-electron chi connectivity index (χ1n) is 5.83. The molecule has 0 aliphatic heterocycles. The molecule has 19 heavy (non-hydrogen) atoms. The van der Waals surface area contributed by atoms with Crippen molar-refractivity contribution in [2.24, 2.45) is 0 Å². The summed E-state index contributed by atoms with van der Waals surface area (Å²) in [6.45, 7) is 1.36. The third-order valence-corrected chi connectivity index (χ3v) is 3.67. The fourth-order valence-corrected chi connectivity index (χ4v) is 2.44. The molecule has 0 atom stereocenters. The minimum atomic E-state index is -0.382. The quantitative estimate of drug-likeness (QED) is 0.502. The molecular formula is C13H13FN2O2S. The molecular weight excluding hydrogens is 267 g/mol. The summed E-state index contributed by atoms with van der Waals surface area (Å²) in [6.07, 6.45) is 0.799. The second-order valence-corrected chi connectivity index (χ2v) is 5.20. The molecule has 0 unspecified atom stereocenters. The van der Waals surface area contributed by atoms with E-state index in [1.807, 2.05) is 0 Å². The molecule has 1 aromatic heterocycles. The first-order chi connectivity index (χ1) is 9.15. The van der Waals surface area contributed by atoms with Crippen LogP contribution in [0.25, 0.3) is 0 Å². The Bertz CT molecular complexity index is 554.